The fourth-order valence-electron chi connectivity index (χ4n) is 2.49. The van der Waals surface area contributed by atoms with E-state index >= 15 is 0 Å². The Labute approximate surface area is 92.7 Å². The molecule has 0 saturated carbocycles. The predicted molar refractivity (Wildman–Crippen MR) is 64.3 cm³/mol. The summed E-state index contributed by atoms with van der Waals surface area (Å²) in [4.78, 5) is 2.11. The number of amidine groups is 1. The van der Waals surface area contributed by atoms with Gasteiger partial charge in [0.25, 0.3) is 0 Å². The van der Waals surface area contributed by atoms with Crippen LogP contribution in [0.1, 0.15) is 33.6 Å². The van der Waals surface area contributed by atoms with Crippen molar-refractivity contribution in [1.29, 1.82) is 5.41 Å². The van der Waals surface area contributed by atoms with Crippen LogP contribution in [-0.4, -0.2) is 42.0 Å². The molecule has 0 aromatic rings. The molecule has 1 rings (SSSR count). The van der Waals surface area contributed by atoms with Crippen LogP contribution in [0.4, 0.5) is 0 Å². The highest BCUT2D eigenvalue weighted by molar-refractivity contribution is 5.80. The van der Waals surface area contributed by atoms with Crippen LogP contribution in [-0.2, 0) is 0 Å². The van der Waals surface area contributed by atoms with E-state index in [1.54, 1.807) is 0 Å². The SMILES string of the molecule is CCN1CC(C)(NC)CC(C)(N)CC1=N. The Balaban J connectivity index is 2.92. The number of nitrogens with one attached hydrogen (secondary N) is 2. The quantitative estimate of drug-likeness (QED) is 0.633. The molecule has 0 amide bonds. The van der Waals surface area contributed by atoms with Gasteiger partial charge in [0, 0.05) is 30.6 Å². The monoisotopic (exact) mass is 212 g/mol. The molecular weight excluding hydrogens is 188 g/mol. The molecule has 0 aliphatic carbocycles. The van der Waals surface area contributed by atoms with Crippen LogP contribution in [0.2, 0.25) is 0 Å². The number of nitrogens with two attached hydrogens (primary N) is 1. The molecule has 1 fully saturated rings. The van der Waals surface area contributed by atoms with Gasteiger partial charge in [-0.05, 0) is 34.2 Å². The molecule has 2 unspecified atom stereocenters. The average Bonchev–Trinajstić information content (AvgIpc) is 2.20. The Bertz CT molecular complexity index is 249. The molecule has 1 heterocycles. The summed E-state index contributed by atoms with van der Waals surface area (Å²) in [6, 6.07) is 0. The van der Waals surface area contributed by atoms with Gasteiger partial charge in [-0.3, -0.25) is 5.41 Å². The number of rotatable bonds is 2. The lowest BCUT2D eigenvalue weighted by molar-refractivity contribution is 0.246. The van der Waals surface area contributed by atoms with E-state index in [2.05, 4.69) is 24.1 Å². The van der Waals surface area contributed by atoms with Crippen LogP contribution in [0.25, 0.3) is 0 Å². The second kappa shape index (κ2) is 4.10. The summed E-state index contributed by atoms with van der Waals surface area (Å²) in [5.41, 5.74) is 5.95. The molecule has 0 bridgehead atoms. The second-order valence-electron chi connectivity index (χ2n) is 5.28. The molecule has 0 aromatic heterocycles. The van der Waals surface area contributed by atoms with Crippen molar-refractivity contribution in [3.63, 3.8) is 0 Å². The van der Waals surface area contributed by atoms with E-state index in [9.17, 15) is 0 Å². The van der Waals surface area contributed by atoms with Gasteiger partial charge in [0.1, 0.15) is 0 Å². The topological polar surface area (TPSA) is 65.1 Å². The van der Waals surface area contributed by atoms with Gasteiger partial charge in [0.05, 0.1) is 5.84 Å². The lowest BCUT2D eigenvalue weighted by Gasteiger charge is -2.35. The van der Waals surface area contributed by atoms with Gasteiger partial charge in [0.2, 0.25) is 0 Å². The highest BCUT2D eigenvalue weighted by Crippen LogP contribution is 2.27. The normalized spacial score (nSPS) is 37.9. The first-order chi connectivity index (χ1) is 6.82. The van der Waals surface area contributed by atoms with E-state index < -0.39 is 0 Å². The van der Waals surface area contributed by atoms with Crippen LogP contribution >= 0.6 is 0 Å². The third-order valence-electron chi connectivity index (χ3n) is 3.27. The van der Waals surface area contributed by atoms with Crippen molar-refractivity contribution in [1.82, 2.24) is 10.2 Å². The highest BCUT2D eigenvalue weighted by Gasteiger charge is 2.38. The average molecular weight is 212 g/mol. The zero-order valence-corrected chi connectivity index (χ0v) is 10.4. The highest BCUT2D eigenvalue weighted by atomic mass is 15.2. The Morgan fingerprint density at radius 2 is 2.13 bits per heavy atom. The van der Waals surface area contributed by atoms with E-state index in [4.69, 9.17) is 11.1 Å². The Morgan fingerprint density at radius 1 is 1.53 bits per heavy atom. The summed E-state index contributed by atoms with van der Waals surface area (Å²) in [7, 11) is 1.97. The molecule has 1 aliphatic heterocycles. The van der Waals surface area contributed by atoms with Gasteiger partial charge >= 0.3 is 0 Å². The lowest BCUT2D eigenvalue weighted by Crippen LogP contribution is -2.52. The molecule has 2 atom stereocenters. The first-order valence-corrected chi connectivity index (χ1v) is 5.62. The van der Waals surface area contributed by atoms with Crippen molar-refractivity contribution in [2.75, 3.05) is 20.1 Å². The predicted octanol–water partition coefficient (Wildman–Crippen LogP) is 0.775. The van der Waals surface area contributed by atoms with E-state index in [-0.39, 0.29) is 11.1 Å². The summed E-state index contributed by atoms with van der Waals surface area (Å²) >= 11 is 0. The Kier molecular flexibility index (Phi) is 3.41. The zero-order chi connectivity index (χ0) is 11.7. The van der Waals surface area contributed by atoms with Gasteiger partial charge in [-0.15, -0.1) is 0 Å². The summed E-state index contributed by atoms with van der Waals surface area (Å²) in [6.45, 7) is 8.05. The van der Waals surface area contributed by atoms with Gasteiger partial charge in [-0.1, -0.05) is 0 Å². The van der Waals surface area contributed by atoms with Crippen LogP contribution < -0.4 is 11.1 Å². The minimum atomic E-state index is -0.279. The van der Waals surface area contributed by atoms with Crippen LogP contribution in [0, 0.1) is 5.41 Å². The maximum absolute atomic E-state index is 8.01. The minimum absolute atomic E-state index is 0.00229. The van der Waals surface area contributed by atoms with Crippen LogP contribution in [0.15, 0.2) is 0 Å². The first-order valence-electron chi connectivity index (χ1n) is 5.62. The molecule has 4 nitrogen and oxygen atoms in total. The standard InChI is InChI=1S/C11H24N4/c1-5-15-8-11(3,14-4)7-10(2,13)6-9(15)12/h12,14H,5-8,13H2,1-4H3. The summed E-state index contributed by atoms with van der Waals surface area (Å²) in [5, 5.41) is 11.4. The van der Waals surface area contributed by atoms with E-state index in [0.29, 0.717) is 12.3 Å². The van der Waals surface area contributed by atoms with Crippen molar-refractivity contribution in [3.05, 3.63) is 0 Å². The second-order valence-corrected chi connectivity index (χ2v) is 5.28. The number of hydrogen-bond acceptors (Lipinski definition) is 3. The maximum Gasteiger partial charge on any atom is 0.0976 e. The van der Waals surface area contributed by atoms with Crippen molar-refractivity contribution in [2.45, 2.75) is 44.7 Å². The molecular formula is C11H24N4. The third-order valence-corrected chi connectivity index (χ3v) is 3.27. The molecule has 4 heteroatoms. The molecule has 88 valence electrons. The van der Waals surface area contributed by atoms with Crippen LogP contribution in [0.5, 0.6) is 0 Å². The zero-order valence-electron chi connectivity index (χ0n) is 10.4. The molecule has 15 heavy (non-hydrogen) atoms. The minimum Gasteiger partial charge on any atom is -0.359 e. The smallest absolute Gasteiger partial charge is 0.0976 e. The fourth-order valence-corrected chi connectivity index (χ4v) is 2.49. The van der Waals surface area contributed by atoms with Crippen LogP contribution in [0.3, 0.4) is 0 Å². The van der Waals surface area contributed by atoms with Crippen molar-refractivity contribution in [2.24, 2.45) is 5.73 Å². The molecule has 0 radical (unpaired) electrons. The number of likely N-dealkylation sites (tertiary alicyclic amines) is 1. The Morgan fingerprint density at radius 3 is 2.60 bits per heavy atom. The number of likely N-dealkylation sites (N-methyl/N-ethyl adjacent to an activating group) is 2. The molecule has 0 spiro atoms. The molecule has 1 saturated heterocycles. The summed E-state index contributed by atoms with van der Waals surface area (Å²) in [6.07, 6.45) is 1.56. The van der Waals surface area contributed by atoms with Gasteiger partial charge in [0.15, 0.2) is 0 Å². The third kappa shape index (κ3) is 2.92. The van der Waals surface area contributed by atoms with E-state index in [1.165, 1.54) is 0 Å². The number of hydrogen-bond donors (Lipinski definition) is 3. The van der Waals surface area contributed by atoms with Gasteiger partial charge < -0.3 is 16.0 Å². The summed E-state index contributed by atoms with van der Waals surface area (Å²) < 4.78 is 0. The molecule has 4 N–H and O–H groups in total. The fraction of sp³-hybridized carbons (Fsp3) is 0.909. The van der Waals surface area contributed by atoms with Crippen molar-refractivity contribution in [3.8, 4) is 0 Å². The lowest BCUT2D eigenvalue weighted by atomic mass is 9.84. The maximum atomic E-state index is 8.01. The molecule has 0 aromatic carbocycles. The van der Waals surface area contributed by atoms with Crippen molar-refractivity contribution >= 4 is 5.84 Å². The van der Waals surface area contributed by atoms with E-state index in [1.807, 2.05) is 14.0 Å². The Hall–Kier alpha value is -0.610. The van der Waals surface area contributed by atoms with Gasteiger partial charge in [-0.25, -0.2) is 0 Å². The number of nitrogens with zero attached hydrogens (tertiary/aromatic N) is 1. The molecule has 1 aliphatic rings. The first kappa shape index (κ1) is 12.5. The summed E-state index contributed by atoms with van der Waals surface area (Å²) in [5.74, 6) is 0.668. The van der Waals surface area contributed by atoms with Gasteiger partial charge in [-0.2, -0.15) is 0 Å². The largest absolute Gasteiger partial charge is 0.359 e. The van der Waals surface area contributed by atoms with Crippen molar-refractivity contribution < 1.29 is 0 Å². The van der Waals surface area contributed by atoms with E-state index in [0.717, 1.165) is 19.5 Å².